The molecule has 1 saturated heterocycles. The first-order chi connectivity index (χ1) is 12.2. The number of nitrogens with zero attached hydrogens (tertiary/aromatic N) is 2. The van der Waals surface area contributed by atoms with Gasteiger partial charge in [0.05, 0.1) is 10.5 Å². The van der Waals surface area contributed by atoms with Crippen LogP contribution in [0.1, 0.15) is 42.6 Å². The van der Waals surface area contributed by atoms with Gasteiger partial charge in [0.15, 0.2) is 0 Å². The molecular formula is C18H27N3O4S. The van der Waals surface area contributed by atoms with Gasteiger partial charge < -0.3 is 9.64 Å². The zero-order chi connectivity index (χ0) is 19.1. The van der Waals surface area contributed by atoms with Gasteiger partial charge in [-0.25, -0.2) is 13.6 Å². The van der Waals surface area contributed by atoms with E-state index < -0.39 is 10.0 Å². The fourth-order valence-corrected chi connectivity index (χ4v) is 4.54. The molecule has 2 N–H and O–H groups in total. The number of amides is 1. The SMILES string of the molecule is CCN1CCCC1CN(C)C(=O)c1cc(S(N)(=O)=O)cc2c1OC(C)C2. The summed E-state index contributed by atoms with van der Waals surface area (Å²) in [5.41, 5.74) is 0.997. The topological polar surface area (TPSA) is 92.9 Å². The maximum Gasteiger partial charge on any atom is 0.257 e. The number of carbonyl (C=O) groups excluding carboxylic acids is 1. The molecule has 2 heterocycles. The van der Waals surface area contributed by atoms with Crippen LogP contribution in [0, 0.1) is 0 Å². The van der Waals surface area contributed by atoms with Crippen LogP contribution < -0.4 is 9.88 Å². The fraction of sp³-hybridized carbons (Fsp3) is 0.611. The van der Waals surface area contributed by atoms with E-state index in [-0.39, 0.29) is 22.5 Å². The number of benzene rings is 1. The lowest BCUT2D eigenvalue weighted by atomic mass is 10.1. The van der Waals surface area contributed by atoms with Crippen molar-refractivity contribution in [3.63, 3.8) is 0 Å². The molecule has 7 nitrogen and oxygen atoms in total. The summed E-state index contributed by atoms with van der Waals surface area (Å²) in [4.78, 5) is 17.1. The summed E-state index contributed by atoms with van der Waals surface area (Å²) < 4.78 is 29.4. The third-order valence-electron chi connectivity index (χ3n) is 5.26. The van der Waals surface area contributed by atoms with Crippen molar-refractivity contribution in [3.05, 3.63) is 23.3 Å². The second-order valence-corrected chi connectivity index (χ2v) is 8.81. The molecule has 1 aromatic rings. The van der Waals surface area contributed by atoms with Gasteiger partial charge in [0.1, 0.15) is 11.9 Å². The number of fused-ring (bicyclic) bond motifs is 1. The summed E-state index contributed by atoms with van der Waals surface area (Å²) in [5, 5.41) is 5.30. The second kappa shape index (κ2) is 7.17. The standard InChI is InChI=1S/C18H27N3O4S/c1-4-21-7-5-6-14(21)11-20(3)18(22)16-10-15(26(19,23)24)9-13-8-12(2)25-17(13)16/h9-10,12,14H,4-8,11H2,1-3H3,(H2,19,23,24). The predicted molar refractivity (Wildman–Crippen MR) is 98.8 cm³/mol. The molecule has 0 saturated carbocycles. The largest absolute Gasteiger partial charge is 0.489 e. The van der Waals surface area contributed by atoms with Crippen molar-refractivity contribution >= 4 is 15.9 Å². The van der Waals surface area contributed by atoms with E-state index in [0.717, 1.165) is 31.5 Å². The van der Waals surface area contributed by atoms with E-state index in [9.17, 15) is 13.2 Å². The van der Waals surface area contributed by atoms with Gasteiger partial charge in [-0.1, -0.05) is 6.92 Å². The van der Waals surface area contributed by atoms with E-state index in [4.69, 9.17) is 9.88 Å². The van der Waals surface area contributed by atoms with E-state index in [0.29, 0.717) is 24.8 Å². The van der Waals surface area contributed by atoms with Crippen molar-refractivity contribution in [1.82, 2.24) is 9.80 Å². The summed E-state index contributed by atoms with van der Waals surface area (Å²) >= 11 is 0. The summed E-state index contributed by atoms with van der Waals surface area (Å²) in [6.07, 6.45) is 2.67. The molecule has 1 aromatic carbocycles. The quantitative estimate of drug-likeness (QED) is 0.828. The molecule has 0 aromatic heterocycles. The number of primary sulfonamides is 1. The minimum Gasteiger partial charge on any atom is -0.489 e. The van der Waals surface area contributed by atoms with E-state index in [1.54, 1.807) is 11.9 Å². The smallest absolute Gasteiger partial charge is 0.257 e. The Kier molecular flexibility index (Phi) is 5.28. The second-order valence-electron chi connectivity index (χ2n) is 7.25. The van der Waals surface area contributed by atoms with Crippen molar-refractivity contribution in [2.45, 2.75) is 50.2 Å². The Bertz CT molecular complexity index is 809. The number of likely N-dealkylation sites (N-methyl/N-ethyl adjacent to an activating group) is 2. The lowest BCUT2D eigenvalue weighted by Gasteiger charge is -2.28. The molecule has 0 bridgehead atoms. The van der Waals surface area contributed by atoms with Gasteiger partial charge >= 0.3 is 0 Å². The molecule has 2 aliphatic rings. The van der Waals surface area contributed by atoms with E-state index in [1.807, 2.05) is 6.92 Å². The zero-order valence-corrected chi connectivity index (χ0v) is 16.4. The van der Waals surface area contributed by atoms with E-state index in [2.05, 4.69) is 11.8 Å². The Hall–Kier alpha value is -1.64. The van der Waals surface area contributed by atoms with Crippen molar-refractivity contribution in [2.75, 3.05) is 26.7 Å². The minimum atomic E-state index is -3.89. The van der Waals surface area contributed by atoms with Gasteiger partial charge in [-0.15, -0.1) is 0 Å². The van der Waals surface area contributed by atoms with Crippen LogP contribution in [-0.4, -0.2) is 63.0 Å². The highest BCUT2D eigenvalue weighted by Crippen LogP contribution is 2.35. The molecule has 3 rings (SSSR count). The Morgan fingerprint density at radius 2 is 2.15 bits per heavy atom. The molecule has 144 valence electrons. The Morgan fingerprint density at radius 1 is 1.42 bits per heavy atom. The highest BCUT2D eigenvalue weighted by molar-refractivity contribution is 7.89. The van der Waals surface area contributed by atoms with Crippen LogP contribution in [0.5, 0.6) is 5.75 Å². The van der Waals surface area contributed by atoms with Gasteiger partial charge in [0.25, 0.3) is 5.91 Å². The summed E-state index contributed by atoms with van der Waals surface area (Å²) in [6, 6.07) is 3.20. The van der Waals surface area contributed by atoms with Crippen LogP contribution in [-0.2, 0) is 16.4 Å². The Morgan fingerprint density at radius 3 is 2.81 bits per heavy atom. The van der Waals surface area contributed by atoms with Crippen LogP contribution >= 0.6 is 0 Å². The van der Waals surface area contributed by atoms with Gasteiger partial charge in [-0.05, 0) is 50.6 Å². The molecule has 1 fully saturated rings. The van der Waals surface area contributed by atoms with Crippen molar-refractivity contribution < 1.29 is 17.9 Å². The Labute approximate surface area is 155 Å². The number of rotatable bonds is 5. The third-order valence-corrected chi connectivity index (χ3v) is 6.15. The van der Waals surface area contributed by atoms with Crippen molar-refractivity contribution in [3.8, 4) is 5.75 Å². The van der Waals surface area contributed by atoms with Gasteiger partial charge in [-0.3, -0.25) is 9.69 Å². The highest BCUT2D eigenvalue weighted by atomic mass is 32.2. The van der Waals surface area contributed by atoms with Gasteiger partial charge in [0.2, 0.25) is 10.0 Å². The van der Waals surface area contributed by atoms with Crippen LogP contribution in [0.25, 0.3) is 0 Å². The summed E-state index contributed by atoms with van der Waals surface area (Å²) in [7, 11) is -2.14. The van der Waals surface area contributed by atoms with Gasteiger partial charge in [0, 0.05) is 26.1 Å². The van der Waals surface area contributed by atoms with Crippen LogP contribution in [0.2, 0.25) is 0 Å². The number of hydrogen-bond acceptors (Lipinski definition) is 5. The lowest BCUT2D eigenvalue weighted by Crippen LogP contribution is -2.41. The molecule has 0 spiro atoms. The number of likely N-dealkylation sites (tertiary alicyclic amines) is 1. The number of carbonyl (C=O) groups is 1. The molecule has 2 unspecified atom stereocenters. The van der Waals surface area contributed by atoms with Crippen LogP contribution in [0.15, 0.2) is 17.0 Å². The fourth-order valence-electron chi connectivity index (χ4n) is 3.95. The molecule has 26 heavy (non-hydrogen) atoms. The molecule has 2 aliphatic heterocycles. The Balaban J connectivity index is 1.90. The predicted octanol–water partition coefficient (Wildman–Crippen LogP) is 1.21. The number of nitrogens with two attached hydrogens (primary N) is 1. The van der Waals surface area contributed by atoms with Crippen molar-refractivity contribution in [2.24, 2.45) is 5.14 Å². The molecule has 1 amide bonds. The maximum atomic E-state index is 13.1. The summed E-state index contributed by atoms with van der Waals surface area (Å²) in [6.45, 7) is 6.64. The molecule has 0 aliphatic carbocycles. The first-order valence-corrected chi connectivity index (χ1v) is 10.6. The molecular weight excluding hydrogens is 354 g/mol. The highest BCUT2D eigenvalue weighted by Gasteiger charge is 2.31. The van der Waals surface area contributed by atoms with E-state index in [1.165, 1.54) is 12.1 Å². The third kappa shape index (κ3) is 3.72. The number of sulfonamides is 1. The monoisotopic (exact) mass is 381 g/mol. The average molecular weight is 381 g/mol. The maximum absolute atomic E-state index is 13.1. The normalized spacial score (nSPS) is 22.9. The van der Waals surface area contributed by atoms with Crippen molar-refractivity contribution in [1.29, 1.82) is 0 Å². The molecule has 0 radical (unpaired) electrons. The number of hydrogen-bond donors (Lipinski definition) is 1. The number of ether oxygens (including phenoxy) is 1. The van der Waals surface area contributed by atoms with Gasteiger partial charge in [-0.2, -0.15) is 0 Å². The summed E-state index contributed by atoms with van der Waals surface area (Å²) in [5.74, 6) is 0.254. The minimum absolute atomic E-state index is 0.0400. The van der Waals surface area contributed by atoms with Crippen LogP contribution in [0.4, 0.5) is 0 Å². The van der Waals surface area contributed by atoms with E-state index >= 15 is 0 Å². The average Bonchev–Trinajstić information content (AvgIpc) is 3.16. The molecule has 2 atom stereocenters. The first kappa shape index (κ1) is 19.1. The van der Waals surface area contributed by atoms with Crippen LogP contribution in [0.3, 0.4) is 0 Å². The zero-order valence-electron chi connectivity index (χ0n) is 15.6. The lowest BCUT2D eigenvalue weighted by molar-refractivity contribution is 0.0749. The molecule has 8 heteroatoms. The first-order valence-electron chi connectivity index (χ1n) is 9.06.